The number of anilines is 1. The highest BCUT2D eigenvalue weighted by Crippen LogP contribution is 2.55. The third kappa shape index (κ3) is 1.84. The van der Waals surface area contributed by atoms with Crippen molar-refractivity contribution in [2.24, 2.45) is 11.8 Å². The fraction of sp³-hybridized carbons (Fsp3) is 0.474. The highest BCUT2D eigenvalue weighted by atomic mass is 16.7. The Morgan fingerprint density at radius 2 is 1.92 bits per heavy atom. The molecule has 4 atom stereocenters. The van der Waals surface area contributed by atoms with Gasteiger partial charge in [-0.25, -0.2) is 4.90 Å². The number of benzene rings is 1. The van der Waals surface area contributed by atoms with E-state index < -0.39 is 29.8 Å². The van der Waals surface area contributed by atoms with Crippen LogP contribution in [0.3, 0.4) is 0 Å². The van der Waals surface area contributed by atoms with E-state index in [0.29, 0.717) is 18.9 Å². The Kier molecular flexibility index (Phi) is 3.20. The lowest BCUT2D eigenvalue weighted by Gasteiger charge is -2.32. The van der Waals surface area contributed by atoms with E-state index in [9.17, 15) is 9.59 Å². The quantitative estimate of drug-likeness (QED) is 0.615. The van der Waals surface area contributed by atoms with Crippen molar-refractivity contribution >= 4 is 17.5 Å². The van der Waals surface area contributed by atoms with Crippen LogP contribution in [0.1, 0.15) is 12.5 Å². The van der Waals surface area contributed by atoms with Gasteiger partial charge in [0.2, 0.25) is 11.8 Å². The van der Waals surface area contributed by atoms with Crippen molar-refractivity contribution in [3.8, 4) is 0 Å². The molecule has 1 aromatic rings. The lowest BCUT2D eigenvalue weighted by Crippen LogP contribution is -2.49. The van der Waals surface area contributed by atoms with Crippen molar-refractivity contribution in [2.45, 2.75) is 31.3 Å². The van der Waals surface area contributed by atoms with Gasteiger partial charge < -0.3 is 14.2 Å². The van der Waals surface area contributed by atoms with E-state index in [1.165, 1.54) is 4.90 Å². The second kappa shape index (κ2) is 5.24. The van der Waals surface area contributed by atoms with Gasteiger partial charge in [0.05, 0.1) is 36.8 Å². The van der Waals surface area contributed by atoms with Gasteiger partial charge in [0.15, 0.2) is 11.9 Å². The second-order valence-electron chi connectivity index (χ2n) is 6.87. The molecule has 1 aromatic carbocycles. The molecule has 2 bridgehead atoms. The number of nitrogens with zero attached hydrogens (tertiary/aromatic N) is 1. The average molecular weight is 341 g/mol. The zero-order valence-electron chi connectivity index (χ0n) is 13.9. The molecule has 0 unspecified atom stereocenters. The van der Waals surface area contributed by atoms with Gasteiger partial charge in [0, 0.05) is 0 Å². The summed E-state index contributed by atoms with van der Waals surface area (Å²) in [5, 5.41) is 0. The number of carbonyl (C=O) groups is 2. The maximum absolute atomic E-state index is 13.3. The first-order chi connectivity index (χ1) is 12.2. The van der Waals surface area contributed by atoms with Gasteiger partial charge in [-0.2, -0.15) is 0 Å². The number of hydrogen-bond donors (Lipinski definition) is 0. The number of rotatable bonds is 3. The standard InChI is InChI=1S/C19H19NO5/c1-2-11-5-3-4-6-12(11)20-16(21)14-13-7-8-19(25-13,15(14)17(20)22)18-23-9-10-24-18/h3-8,13-15,18H,2,9-10H2,1H3/t13-,14-,15+,19-/m1/s1. The molecular formula is C19H19NO5. The molecule has 6 heteroatoms. The summed E-state index contributed by atoms with van der Waals surface area (Å²) >= 11 is 0. The number of imide groups is 1. The Balaban J connectivity index is 1.58. The minimum Gasteiger partial charge on any atom is -0.357 e. The second-order valence-corrected chi connectivity index (χ2v) is 6.87. The summed E-state index contributed by atoms with van der Waals surface area (Å²) in [6.45, 7) is 2.95. The van der Waals surface area contributed by atoms with Crippen LogP contribution >= 0.6 is 0 Å². The van der Waals surface area contributed by atoms with E-state index in [2.05, 4.69) is 0 Å². The molecule has 0 aliphatic carbocycles. The van der Waals surface area contributed by atoms with E-state index in [0.717, 1.165) is 12.0 Å². The number of ether oxygens (including phenoxy) is 3. The van der Waals surface area contributed by atoms with Crippen LogP contribution in [0.15, 0.2) is 36.4 Å². The average Bonchev–Trinajstić information content (AvgIpc) is 3.38. The monoisotopic (exact) mass is 341 g/mol. The zero-order valence-corrected chi connectivity index (χ0v) is 13.9. The van der Waals surface area contributed by atoms with Crippen LogP contribution < -0.4 is 4.90 Å². The van der Waals surface area contributed by atoms with Gasteiger partial charge >= 0.3 is 0 Å². The molecule has 3 saturated heterocycles. The van der Waals surface area contributed by atoms with Crippen molar-refractivity contribution < 1.29 is 23.8 Å². The molecule has 0 saturated carbocycles. The lowest BCUT2D eigenvalue weighted by atomic mass is 9.76. The summed E-state index contributed by atoms with van der Waals surface area (Å²) in [6, 6.07) is 7.56. The van der Waals surface area contributed by atoms with E-state index in [1.807, 2.05) is 43.3 Å². The van der Waals surface area contributed by atoms with Gasteiger partial charge in [0.25, 0.3) is 0 Å². The number of aryl methyl sites for hydroxylation is 1. The third-order valence-electron chi connectivity index (χ3n) is 5.68. The molecule has 25 heavy (non-hydrogen) atoms. The highest BCUT2D eigenvalue weighted by Gasteiger charge is 2.71. The highest BCUT2D eigenvalue weighted by molar-refractivity contribution is 6.23. The van der Waals surface area contributed by atoms with Crippen LogP contribution in [0.5, 0.6) is 0 Å². The summed E-state index contributed by atoms with van der Waals surface area (Å²) in [6.07, 6.45) is 3.44. The van der Waals surface area contributed by atoms with Gasteiger partial charge in [-0.05, 0) is 24.1 Å². The molecule has 2 amide bonds. The first-order valence-electron chi connectivity index (χ1n) is 8.73. The Morgan fingerprint density at radius 3 is 2.68 bits per heavy atom. The van der Waals surface area contributed by atoms with E-state index in [4.69, 9.17) is 14.2 Å². The Labute approximate surface area is 145 Å². The van der Waals surface area contributed by atoms with E-state index in [-0.39, 0.29) is 11.8 Å². The van der Waals surface area contributed by atoms with Crippen molar-refractivity contribution in [1.82, 2.24) is 0 Å². The van der Waals surface area contributed by atoms with E-state index in [1.54, 1.807) is 0 Å². The summed E-state index contributed by atoms with van der Waals surface area (Å²) < 4.78 is 17.4. The minimum absolute atomic E-state index is 0.190. The van der Waals surface area contributed by atoms with Crippen molar-refractivity contribution in [3.05, 3.63) is 42.0 Å². The van der Waals surface area contributed by atoms with Crippen molar-refractivity contribution in [3.63, 3.8) is 0 Å². The predicted molar refractivity (Wildman–Crippen MR) is 87.7 cm³/mol. The summed E-state index contributed by atoms with van der Waals surface area (Å²) in [5.74, 6) is -1.51. The van der Waals surface area contributed by atoms with Crippen LogP contribution in [0.25, 0.3) is 0 Å². The fourth-order valence-electron chi connectivity index (χ4n) is 4.59. The van der Waals surface area contributed by atoms with Crippen LogP contribution in [0.4, 0.5) is 5.69 Å². The van der Waals surface area contributed by atoms with Gasteiger partial charge in [-0.15, -0.1) is 0 Å². The molecule has 5 rings (SSSR count). The molecular weight excluding hydrogens is 322 g/mol. The van der Waals surface area contributed by atoms with Crippen LogP contribution in [-0.2, 0) is 30.2 Å². The molecule has 0 radical (unpaired) electrons. The SMILES string of the molecule is CCc1ccccc1N1C(=O)[C@H]2[C@@H](C1=O)[C@@]1(C3OCCO3)C=C[C@H]2O1. The van der Waals surface area contributed by atoms with Crippen LogP contribution in [0.2, 0.25) is 0 Å². The van der Waals surface area contributed by atoms with Crippen molar-refractivity contribution in [2.75, 3.05) is 18.1 Å². The summed E-state index contributed by atoms with van der Waals surface area (Å²) in [7, 11) is 0. The van der Waals surface area contributed by atoms with Gasteiger partial charge in [-0.1, -0.05) is 31.2 Å². The number of hydrogen-bond acceptors (Lipinski definition) is 5. The zero-order chi connectivity index (χ0) is 17.2. The maximum Gasteiger partial charge on any atom is 0.241 e. The molecule has 4 heterocycles. The van der Waals surface area contributed by atoms with Gasteiger partial charge in [0.1, 0.15) is 0 Å². The largest absolute Gasteiger partial charge is 0.357 e. The first kappa shape index (κ1) is 15.3. The number of fused-ring (bicyclic) bond motifs is 5. The maximum atomic E-state index is 13.3. The molecule has 130 valence electrons. The Morgan fingerprint density at radius 1 is 1.16 bits per heavy atom. The Hall–Kier alpha value is -2.02. The number of para-hydroxylation sites is 1. The van der Waals surface area contributed by atoms with E-state index >= 15 is 0 Å². The Bertz CT molecular complexity index is 784. The van der Waals surface area contributed by atoms with Gasteiger partial charge in [-0.3, -0.25) is 9.59 Å². The molecule has 0 spiro atoms. The molecule has 0 aromatic heterocycles. The lowest BCUT2D eigenvalue weighted by molar-refractivity contribution is -0.180. The van der Waals surface area contributed by atoms with Crippen LogP contribution in [-0.4, -0.2) is 43.0 Å². The summed E-state index contributed by atoms with van der Waals surface area (Å²) in [5.41, 5.74) is 0.666. The van der Waals surface area contributed by atoms with Crippen molar-refractivity contribution in [1.29, 1.82) is 0 Å². The molecule has 3 fully saturated rings. The molecule has 6 nitrogen and oxygen atoms in total. The molecule has 0 N–H and O–H groups in total. The topological polar surface area (TPSA) is 65.1 Å². The van der Waals surface area contributed by atoms with Crippen LogP contribution in [0, 0.1) is 11.8 Å². The summed E-state index contributed by atoms with van der Waals surface area (Å²) in [4.78, 5) is 27.8. The normalized spacial score (nSPS) is 36.7. The third-order valence-corrected chi connectivity index (χ3v) is 5.68. The number of amides is 2. The predicted octanol–water partition coefficient (Wildman–Crippen LogP) is 1.43. The first-order valence-corrected chi connectivity index (χ1v) is 8.73. The smallest absolute Gasteiger partial charge is 0.241 e. The fourth-order valence-corrected chi connectivity index (χ4v) is 4.59. The number of carbonyl (C=O) groups excluding carboxylic acids is 2. The molecule has 4 aliphatic heterocycles. The minimum atomic E-state index is -0.992. The molecule has 4 aliphatic rings.